The molecule has 98 valence electrons. The van der Waals surface area contributed by atoms with Gasteiger partial charge in [-0.05, 0) is 6.92 Å². The maximum absolute atomic E-state index is 4.60. The fourth-order valence-corrected chi connectivity index (χ4v) is 0. The van der Waals surface area contributed by atoms with Gasteiger partial charge < -0.3 is 0 Å². The van der Waals surface area contributed by atoms with Crippen LogP contribution in [-0.2, 0) is 0 Å². The van der Waals surface area contributed by atoms with E-state index in [1.807, 2.05) is 69.2 Å². The summed E-state index contributed by atoms with van der Waals surface area (Å²) in [6, 6.07) is 0. The first-order valence-electron chi connectivity index (χ1n) is 6.29. The first-order chi connectivity index (χ1) is 7.41. The van der Waals surface area contributed by atoms with Gasteiger partial charge >= 0.3 is 0 Å². The Labute approximate surface area is 102 Å². The molecule has 15 heavy (non-hydrogen) atoms. The van der Waals surface area contributed by atoms with Crippen LogP contribution >= 0.6 is 0 Å². The molecule has 0 aliphatic carbocycles. The molecule has 0 amide bonds. The minimum Gasteiger partial charge on any atom is -0.120 e. The van der Waals surface area contributed by atoms with Gasteiger partial charge in [0.05, 0.1) is 0 Å². The zero-order chi connectivity index (χ0) is 14.7. The molecule has 0 spiro atoms. The quantitative estimate of drug-likeness (QED) is 0.318. The molecule has 0 N–H and O–H groups in total. The number of rotatable bonds is 0. The summed E-state index contributed by atoms with van der Waals surface area (Å²) in [7, 11) is 0. The normalized spacial score (nSPS) is 2.80. The lowest BCUT2D eigenvalue weighted by Gasteiger charge is -1.23. The summed E-state index contributed by atoms with van der Waals surface area (Å²) in [4.78, 5) is 0. The molecule has 0 heterocycles. The van der Waals surface area contributed by atoms with Crippen LogP contribution < -0.4 is 0 Å². The largest absolute Gasteiger partial charge is 0.120 e. The van der Waals surface area contributed by atoms with Gasteiger partial charge in [0.1, 0.15) is 0 Å². The van der Waals surface area contributed by atoms with Crippen LogP contribution in [0.5, 0.6) is 0 Å². The van der Waals surface area contributed by atoms with E-state index in [0.29, 0.717) is 0 Å². The van der Waals surface area contributed by atoms with Crippen molar-refractivity contribution >= 4 is 0 Å². The van der Waals surface area contributed by atoms with E-state index in [1.165, 1.54) is 0 Å². The van der Waals surface area contributed by atoms with Crippen molar-refractivity contribution in [2.24, 2.45) is 0 Å². The minimum absolute atomic E-state index is 1.65. The summed E-state index contributed by atoms with van der Waals surface area (Å²) in [6.45, 7) is 27.7. The van der Waals surface area contributed by atoms with Gasteiger partial charge in [-0.2, -0.15) is 0 Å². The molecule has 0 nitrogen and oxygen atoms in total. The molecular formula is C15H38. The zero-order valence-electron chi connectivity index (χ0n) is 13.5. The van der Waals surface area contributed by atoms with Crippen molar-refractivity contribution < 1.29 is 0 Å². The van der Waals surface area contributed by atoms with Crippen LogP contribution in [0.4, 0.5) is 0 Å². The number of hydrogen-bond acceptors (Lipinski definition) is 0. The summed E-state index contributed by atoms with van der Waals surface area (Å²) in [5.74, 6) is 2.25. The maximum atomic E-state index is 4.60. The van der Waals surface area contributed by atoms with Gasteiger partial charge in [-0.15, -0.1) is 25.5 Å². The standard InChI is InChI=1S/C3H4.5C2H6.C2H4/c1-3-2;6*1-2/h1H,2H3;5*1-2H3;1-2H2. The molecule has 0 bridgehead atoms. The topological polar surface area (TPSA) is 0 Å². The van der Waals surface area contributed by atoms with Crippen molar-refractivity contribution in [3.8, 4) is 12.3 Å². The highest BCUT2D eigenvalue weighted by Crippen LogP contribution is 1.21. The molecule has 0 heteroatoms. The van der Waals surface area contributed by atoms with Gasteiger partial charge in [-0.25, -0.2) is 0 Å². The first-order valence-corrected chi connectivity index (χ1v) is 6.29. The van der Waals surface area contributed by atoms with E-state index in [4.69, 9.17) is 0 Å². The predicted molar refractivity (Wildman–Crippen MR) is 82.5 cm³/mol. The molecule has 0 aliphatic heterocycles. The van der Waals surface area contributed by atoms with Gasteiger partial charge in [-0.3, -0.25) is 0 Å². The fourth-order valence-electron chi connectivity index (χ4n) is 0. The Kier molecular flexibility index (Phi) is 70700. The van der Waals surface area contributed by atoms with Crippen molar-refractivity contribution in [3.05, 3.63) is 13.2 Å². The molecule has 0 aromatic carbocycles. The summed E-state index contributed by atoms with van der Waals surface area (Å²) in [5, 5.41) is 0. The monoisotopic (exact) mass is 218 g/mol. The number of hydrogen-bond donors (Lipinski definition) is 0. The molecule has 0 radical (unpaired) electrons. The molecule has 0 saturated carbocycles. The van der Waals surface area contributed by atoms with Crippen molar-refractivity contribution in [1.82, 2.24) is 0 Å². The Balaban J connectivity index is -0.0000000101. The minimum atomic E-state index is 1.65. The third-order valence-corrected chi connectivity index (χ3v) is 0. The Morgan fingerprint density at radius 2 is 0.600 bits per heavy atom. The van der Waals surface area contributed by atoms with E-state index < -0.39 is 0 Å². The van der Waals surface area contributed by atoms with Crippen molar-refractivity contribution in [2.45, 2.75) is 76.2 Å². The van der Waals surface area contributed by atoms with E-state index in [1.54, 1.807) is 6.92 Å². The molecule has 0 aromatic heterocycles. The second-order valence-corrected chi connectivity index (χ2v) is 0.289. The molecule has 0 rings (SSSR count). The average molecular weight is 218 g/mol. The van der Waals surface area contributed by atoms with Crippen molar-refractivity contribution in [1.29, 1.82) is 0 Å². The SMILES string of the molecule is C#CC.C=C.CC.CC.CC.CC.CC. The Morgan fingerprint density at radius 1 is 0.600 bits per heavy atom. The lowest BCUT2D eigenvalue weighted by atomic mass is 10.9. The Bertz CT molecular complexity index is 29.8. The molecule has 0 fully saturated rings. The van der Waals surface area contributed by atoms with Gasteiger partial charge in [0.25, 0.3) is 0 Å². The molecule has 0 aromatic rings. The summed E-state index contributed by atoms with van der Waals surface area (Å²) in [6.07, 6.45) is 4.60. The van der Waals surface area contributed by atoms with Crippen molar-refractivity contribution in [2.75, 3.05) is 0 Å². The van der Waals surface area contributed by atoms with Crippen LogP contribution in [0.15, 0.2) is 13.2 Å². The highest BCUT2D eigenvalue weighted by Gasteiger charge is 1.09. The van der Waals surface area contributed by atoms with E-state index in [-0.39, 0.29) is 0 Å². The lowest BCUT2D eigenvalue weighted by molar-refractivity contribution is 1.50. The fraction of sp³-hybridized carbons (Fsp3) is 0.733. The van der Waals surface area contributed by atoms with Crippen LogP contribution in [0.2, 0.25) is 0 Å². The molecule has 0 saturated heterocycles. The third kappa shape index (κ3) is 3470. The van der Waals surface area contributed by atoms with E-state index in [2.05, 4.69) is 25.5 Å². The lowest BCUT2D eigenvalue weighted by Crippen LogP contribution is -1.10. The van der Waals surface area contributed by atoms with Gasteiger partial charge in [-0.1, -0.05) is 69.2 Å². The molecule has 0 atom stereocenters. The van der Waals surface area contributed by atoms with E-state index >= 15 is 0 Å². The average Bonchev–Trinajstić information content (AvgIpc) is 2.44. The second-order valence-electron chi connectivity index (χ2n) is 0.289. The second kappa shape index (κ2) is 22400. The van der Waals surface area contributed by atoms with Gasteiger partial charge in [0.15, 0.2) is 0 Å². The van der Waals surface area contributed by atoms with Crippen LogP contribution in [0.1, 0.15) is 76.2 Å². The summed E-state index contributed by atoms with van der Waals surface area (Å²) < 4.78 is 0. The number of terminal acetylenes is 1. The Hall–Kier alpha value is -0.700. The van der Waals surface area contributed by atoms with Crippen LogP contribution in [0.3, 0.4) is 0 Å². The van der Waals surface area contributed by atoms with Crippen LogP contribution in [0, 0.1) is 12.3 Å². The van der Waals surface area contributed by atoms with E-state index in [9.17, 15) is 0 Å². The molecule has 0 aliphatic rings. The zero-order valence-corrected chi connectivity index (χ0v) is 13.5. The predicted octanol–water partition coefficient (Wildman–Crippen LogP) is 6.57. The maximum Gasteiger partial charge on any atom is -0.00297 e. The van der Waals surface area contributed by atoms with Gasteiger partial charge in [0.2, 0.25) is 0 Å². The molecule has 0 unspecified atom stereocenters. The van der Waals surface area contributed by atoms with Crippen LogP contribution in [-0.4, -0.2) is 0 Å². The third-order valence-electron chi connectivity index (χ3n) is 0. The van der Waals surface area contributed by atoms with Crippen LogP contribution in [0.25, 0.3) is 0 Å². The van der Waals surface area contributed by atoms with E-state index in [0.717, 1.165) is 0 Å². The van der Waals surface area contributed by atoms with Crippen molar-refractivity contribution in [3.63, 3.8) is 0 Å². The van der Waals surface area contributed by atoms with Gasteiger partial charge in [0, 0.05) is 0 Å². The highest BCUT2D eigenvalue weighted by atomic mass is 13.2. The Morgan fingerprint density at radius 3 is 0.600 bits per heavy atom. The first kappa shape index (κ1) is 47.5. The summed E-state index contributed by atoms with van der Waals surface area (Å²) in [5.41, 5.74) is 0. The summed E-state index contributed by atoms with van der Waals surface area (Å²) >= 11 is 0. The smallest absolute Gasteiger partial charge is 0.00297 e. The molecular weight excluding hydrogens is 180 g/mol. The highest BCUT2D eigenvalue weighted by molar-refractivity contribution is 4.73.